The molecule has 0 atom stereocenters. The fourth-order valence-electron chi connectivity index (χ4n) is 4.30. The molecule has 1 aromatic carbocycles. The molecule has 0 bridgehead atoms. The van der Waals surface area contributed by atoms with Gasteiger partial charge < -0.3 is 15.7 Å². The van der Waals surface area contributed by atoms with E-state index in [0.717, 1.165) is 53.6 Å². The molecule has 3 aromatic heterocycles. The second-order valence-electron chi connectivity index (χ2n) is 9.31. The molecular formula is C24H23F4N7O2. The van der Waals surface area contributed by atoms with Gasteiger partial charge in [-0.15, -0.1) is 0 Å². The summed E-state index contributed by atoms with van der Waals surface area (Å²) in [6.45, 7) is 2.54. The van der Waals surface area contributed by atoms with Gasteiger partial charge in [0.05, 0.1) is 0 Å². The first kappa shape index (κ1) is 24.8. The third kappa shape index (κ3) is 4.91. The van der Waals surface area contributed by atoms with E-state index < -0.39 is 35.4 Å². The number of aliphatic hydroxyl groups is 1. The number of nitrogens with one attached hydrogen (secondary N) is 2. The molecule has 0 amide bonds. The van der Waals surface area contributed by atoms with Gasteiger partial charge in [-0.25, -0.2) is 23.7 Å². The minimum Gasteiger partial charge on any atom is -0.384 e. The number of fused-ring (bicyclic) bond motifs is 2. The summed E-state index contributed by atoms with van der Waals surface area (Å²) in [5, 5.41) is 16.5. The molecule has 9 nitrogen and oxygen atoms in total. The molecule has 37 heavy (non-hydrogen) atoms. The van der Waals surface area contributed by atoms with E-state index in [1.165, 1.54) is 13.8 Å². The SMILES string of the molecule is CC(C)(O)c1nc(-n2c3nc(Nc4ccc5c(c4)CCNC5)ncc3c(=O)n2CC(F)(F)F)ccc1F. The van der Waals surface area contributed by atoms with Crippen LogP contribution in [0.3, 0.4) is 0 Å². The minimum absolute atomic E-state index is 0.0455. The molecule has 5 rings (SSSR count). The molecule has 1 aliphatic heterocycles. The van der Waals surface area contributed by atoms with E-state index in [4.69, 9.17) is 0 Å². The monoisotopic (exact) mass is 517 g/mol. The van der Waals surface area contributed by atoms with Gasteiger partial charge in [-0.3, -0.25) is 4.79 Å². The van der Waals surface area contributed by atoms with Crippen molar-refractivity contribution in [2.45, 2.75) is 45.1 Å². The van der Waals surface area contributed by atoms with E-state index in [1.54, 1.807) is 0 Å². The fraction of sp³-hybridized carbons (Fsp3) is 0.333. The first-order chi connectivity index (χ1) is 17.4. The molecule has 0 fully saturated rings. The Morgan fingerprint density at radius 3 is 2.65 bits per heavy atom. The van der Waals surface area contributed by atoms with Crippen molar-refractivity contribution in [1.82, 2.24) is 29.6 Å². The molecule has 3 N–H and O–H groups in total. The number of rotatable bonds is 5. The maximum atomic E-state index is 14.4. The van der Waals surface area contributed by atoms with Gasteiger partial charge in [0.1, 0.15) is 29.0 Å². The molecule has 0 unspecified atom stereocenters. The highest BCUT2D eigenvalue weighted by Gasteiger charge is 2.33. The van der Waals surface area contributed by atoms with Crippen molar-refractivity contribution in [3.63, 3.8) is 0 Å². The number of pyridine rings is 1. The van der Waals surface area contributed by atoms with Crippen LogP contribution in [0.2, 0.25) is 0 Å². The summed E-state index contributed by atoms with van der Waals surface area (Å²) < 4.78 is 56.0. The van der Waals surface area contributed by atoms with Gasteiger partial charge in [-0.1, -0.05) is 6.07 Å². The van der Waals surface area contributed by atoms with Crippen molar-refractivity contribution in [2.24, 2.45) is 0 Å². The van der Waals surface area contributed by atoms with Crippen molar-refractivity contribution in [1.29, 1.82) is 0 Å². The summed E-state index contributed by atoms with van der Waals surface area (Å²) in [6, 6.07) is 7.81. The van der Waals surface area contributed by atoms with E-state index in [2.05, 4.69) is 25.6 Å². The van der Waals surface area contributed by atoms with Crippen LogP contribution in [0.4, 0.5) is 29.2 Å². The summed E-state index contributed by atoms with van der Waals surface area (Å²) in [7, 11) is 0. The van der Waals surface area contributed by atoms with Gasteiger partial charge in [0.2, 0.25) is 5.95 Å². The molecule has 0 saturated heterocycles. The number of hydrogen-bond donors (Lipinski definition) is 3. The first-order valence-electron chi connectivity index (χ1n) is 11.5. The van der Waals surface area contributed by atoms with Gasteiger partial charge in [-0.2, -0.15) is 18.2 Å². The van der Waals surface area contributed by atoms with Crippen molar-refractivity contribution in [3.05, 3.63) is 69.5 Å². The summed E-state index contributed by atoms with van der Waals surface area (Å²) in [5.41, 5.74) is -0.293. The Morgan fingerprint density at radius 2 is 1.92 bits per heavy atom. The third-order valence-electron chi connectivity index (χ3n) is 5.98. The van der Waals surface area contributed by atoms with E-state index >= 15 is 0 Å². The van der Waals surface area contributed by atoms with Gasteiger partial charge in [0.15, 0.2) is 11.5 Å². The summed E-state index contributed by atoms with van der Waals surface area (Å²) in [5.74, 6) is -1.03. The Labute approximate surface area is 207 Å². The Kier molecular flexibility index (Phi) is 5.99. The molecular weight excluding hydrogens is 494 g/mol. The van der Waals surface area contributed by atoms with Crippen LogP contribution in [0.25, 0.3) is 16.9 Å². The smallest absolute Gasteiger partial charge is 0.384 e. The lowest BCUT2D eigenvalue weighted by atomic mass is 10.0. The number of nitrogens with zero attached hydrogens (tertiary/aromatic N) is 5. The van der Waals surface area contributed by atoms with Crippen LogP contribution in [-0.2, 0) is 25.1 Å². The highest BCUT2D eigenvalue weighted by Crippen LogP contribution is 2.26. The molecule has 0 radical (unpaired) electrons. The van der Waals surface area contributed by atoms with Gasteiger partial charge in [0.25, 0.3) is 5.56 Å². The number of aromatic nitrogens is 5. The topological polar surface area (TPSA) is 110 Å². The Morgan fingerprint density at radius 1 is 1.14 bits per heavy atom. The van der Waals surface area contributed by atoms with Crippen molar-refractivity contribution >= 4 is 22.7 Å². The second-order valence-corrected chi connectivity index (χ2v) is 9.31. The molecule has 4 aromatic rings. The number of benzene rings is 1. The number of hydrogen-bond acceptors (Lipinski definition) is 7. The Balaban J connectivity index is 1.66. The predicted molar refractivity (Wildman–Crippen MR) is 127 cm³/mol. The lowest BCUT2D eigenvalue weighted by Gasteiger charge is -2.19. The molecule has 194 valence electrons. The third-order valence-corrected chi connectivity index (χ3v) is 5.98. The standard InChI is InChI=1S/C24H23F4N7O2/c1-23(2,37)19-17(25)5-6-18(32-19)35-20-16(21(36)34(35)12-24(26,27)28)11-30-22(33-20)31-15-4-3-14-10-29-8-7-13(14)9-15/h3-6,9,11,29,37H,7-8,10,12H2,1-2H3,(H,30,31,33). The molecule has 4 heterocycles. The number of alkyl halides is 3. The average Bonchev–Trinajstić information content (AvgIpc) is 3.08. The highest BCUT2D eigenvalue weighted by atomic mass is 19.4. The largest absolute Gasteiger partial charge is 0.408 e. The van der Waals surface area contributed by atoms with Gasteiger partial charge >= 0.3 is 6.18 Å². The molecule has 1 aliphatic rings. The van der Waals surface area contributed by atoms with Gasteiger partial charge in [-0.05, 0) is 62.2 Å². The van der Waals surface area contributed by atoms with Crippen LogP contribution >= 0.6 is 0 Å². The number of halogens is 4. The maximum absolute atomic E-state index is 14.4. The van der Waals surface area contributed by atoms with Crippen LogP contribution in [0.15, 0.2) is 41.3 Å². The zero-order chi connectivity index (χ0) is 26.5. The van der Waals surface area contributed by atoms with E-state index in [0.29, 0.717) is 10.4 Å². The second kappa shape index (κ2) is 8.92. The summed E-state index contributed by atoms with van der Waals surface area (Å²) in [6.07, 6.45) is -2.77. The lowest BCUT2D eigenvalue weighted by Crippen LogP contribution is -2.31. The summed E-state index contributed by atoms with van der Waals surface area (Å²) in [4.78, 5) is 25.5. The van der Waals surface area contributed by atoms with Crippen LogP contribution < -0.4 is 16.2 Å². The molecule has 0 saturated carbocycles. The van der Waals surface area contributed by atoms with Gasteiger partial charge in [0, 0.05) is 18.4 Å². The van der Waals surface area contributed by atoms with Crippen molar-refractivity contribution in [3.8, 4) is 5.82 Å². The quantitative estimate of drug-likeness (QED) is 0.349. The van der Waals surface area contributed by atoms with E-state index in [9.17, 15) is 27.5 Å². The van der Waals surface area contributed by atoms with Crippen molar-refractivity contribution < 1.29 is 22.7 Å². The first-order valence-corrected chi connectivity index (χ1v) is 11.5. The summed E-state index contributed by atoms with van der Waals surface area (Å²) >= 11 is 0. The normalized spacial score (nSPS) is 14.1. The Hall–Kier alpha value is -3.84. The highest BCUT2D eigenvalue weighted by molar-refractivity contribution is 5.77. The Bertz CT molecular complexity index is 1550. The zero-order valence-electron chi connectivity index (χ0n) is 19.9. The van der Waals surface area contributed by atoms with Crippen LogP contribution in [0, 0.1) is 5.82 Å². The zero-order valence-corrected chi connectivity index (χ0v) is 19.9. The van der Waals surface area contributed by atoms with E-state index in [-0.39, 0.29) is 22.8 Å². The molecule has 13 heteroatoms. The van der Waals surface area contributed by atoms with E-state index in [1.807, 2.05) is 18.2 Å². The fourth-order valence-corrected chi connectivity index (χ4v) is 4.30. The molecule has 0 spiro atoms. The van der Waals surface area contributed by atoms with Crippen LogP contribution in [-0.4, -0.2) is 42.1 Å². The maximum Gasteiger partial charge on any atom is 0.408 e. The van der Waals surface area contributed by atoms with Crippen LogP contribution in [0.1, 0.15) is 30.7 Å². The van der Waals surface area contributed by atoms with Crippen molar-refractivity contribution in [2.75, 3.05) is 11.9 Å². The average molecular weight is 517 g/mol. The lowest BCUT2D eigenvalue weighted by molar-refractivity contribution is -0.144. The van der Waals surface area contributed by atoms with Crippen LogP contribution in [0.5, 0.6) is 0 Å². The predicted octanol–water partition coefficient (Wildman–Crippen LogP) is 3.30. The minimum atomic E-state index is -4.75. The number of anilines is 2. The molecule has 0 aliphatic carbocycles.